The number of hydrogen-bond acceptors (Lipinski definition) is 4. The summed E-state index contributed by atoms with van der Waals surface area (Å²) in [4.78, 5) is 12.7. The average molecular weight is 235 g/mol. The van der Waals surface area contributed by atoms with Crippen molar-refractivity contribution in [1.82, 2.24) is 5.32 Å². The molecule has 5 heteroatoms. The van der Waals surface area contributed by atoms with Gasteiger partial charge < -0.3 is 10.6 Å². The molecule has 1 aromatic heterocycles. The van der Waals surface area contributed by atoms with Gasteiger partial charge in [-0.1, -0.05) is 0 Å². The third-order valence-electron chi connectivity index (χ3n) is 2.62. The summed E-state index contributed by atoms with van der Waals surface area (Å²) < 4.78 is 0. The highest BCUT2D eigenvalue weighted by Gasteiger charge is 2.22. The lowest BCUT2D eigenvalue weighted by Crippen LogP contribution is -2.24. The normalized spacial score (nSPS) is 13.2. The van der Waals surface area contributed by atoms with E-state index in [1.165, 1.54) is 4.88 Å². The van der Waals surface area contributed by atoms with Crippen LogP contribution in [-0.2, 0) is 17.6 Å². The van der Waals surface area contributed by atoms with Crippen LogP contribution in [0.3, 0.4) is 0 Å². The van der Waals surface area contributed by atoms with Crippen LogP contribution in [0.1, 0.15) is 22.4 Å². The smallest absolute Gasteiger partial charge is 0.238 e. The number of nitrogens with one attached hydrogen (secondary N) is 2. The Hall–Kier alpha value is -1.38. The molecule has 0 spiro atoms. The predicted molar refractivity (Wildman–Crippen MR) is 63.6 cm³/mol. The van der Waals surface area contributed by atoms with E-state index in [1.54, 1.807) is 18.4 Å². The molecule has 2 rings (SSSR count). The molecule has 1 aromatic rings. The molecular weight excluding hydrogens is 222 g/mol. The molecule has 0 aromatic carbocycles. The monoisotopic (exact) mass is 235 g/mol. The van der Waals surface area contributed by atoms with Gasteiger partial charge in [-0.3, -0.25) is 4.79 Å². The van der Waals surface area contributed by atoms with Crippen LogP contribution in [0.4, 0.5) is 5.00 Å². The summed E-state index contributed by atoms with van der Waals surface area (Å²) in [7, 11) is 1.72. The standard InChI is InChI=1S/C11H13N3OS/c1-13-6-10(15)14-11-8(5-12)7-3-2-4-9(7)16-11/h13H,2-4,6H2,1H3,(H,14,15). The van der Waals surface area contributed by atoms with Gasteiger partial charge in [-0.25, -0.2) is 0 Å². The summed E-state index contributed by atoms with van der Waals surface area (Å²) in [6.07, 6.45) is 3.13. The fraction of sp³-hybridized carbons (Fsp3) is 0.455. The van der Waals surface area contributed by atoms with Crippen molar-refractivity contribution >= 4 is 22.2 Å². The molecule has 4 nitrogen and oxygen atoms in total. The molecule has 0 unspecified atom stereocenters. The third-order valence-corrected chi connectivity index (χ3v) is 3.83. The molecule has 1 amide bonds. The Morgan fingerprint density at radius 3 is 3.06 bits per heavy atom. The minimum absolute atomic E-state index is 0.0982. The summed E-state index contributed by atoms with van der Waals surface area (Å²) in [5.74, 6) is -0.0982. The van der Waals surface area contributed by atoms with Crippen LogP contribution >= 0.6 is 11.3 Å². The lowest BCUT2D eigenvalue weighted by molar-refractivity contribution is -0.115. The summed E-state index contributed by atoms with van der Waals surface area (Å²) in [5.41, 5.74) is 1.81. The number of amides is 1. The fourth-order valence-electron chi connectivity index (χ4n) is 1.94. The fourth-order valence-corrected chi connectivity index (χ4v) is 3.20. The van der Waals surface area contributed by atoms with Crippen molar-refractivity contribution in [3.8, 4) is 6.07 Å². The van der Waals surface area contributed by atoms with Gasteiger partial charge in [-0.2, -0.15) is 5.26 Å². The van der Waals surface area contributed by atoms with Crippen molar-refractivity contribution in [2.75, 3.05) is 18.9 Å². The Morgan fingerprint density at radius 1 is 1.56 bits per heavy atom. The van der Waals surface area contributed by atoms with Crippen LogP contribution in [0, 0.1) is 11.3 Å². The van der Waals surface area contributed by atoms with E-state index in [-0.39, 0.29) is 12.5 Å². The quantitative estimate of drug-likeness (QED) is 0.829. The van der Waals surface area contributed by atoms with E-state index in [9.17, 15) is 4.79 Å². The number of thiophene rings is 1. The van der Waals surface area contributed by atoms with Gasteiger partial charge in [-0.05, 0) is 31.9 Å². The lowest BCUT2D eigenvalue weighted by atomic mass is 10.1. The maximum Gasteiger partial charge on any atom is 0.238 e. The zero-order chi connectivity index (χ0) is 11.5. The number of nitriles is 1. The van der Waals surface area contributed by atoms with Crippen LogP contribution in [0.5, 0.6) is 0 Å². The number of nitrogens with zero attached hydrogens (tertiary/aromatic N) is 1. The maximum absolute atomic E-state index is 11.4. The zero-order valence-corrected chi connectivity index (χ0v) is 9.91. The highest BCUT2D eigenvalue weighted by Crippen LogP contribution is 2.38. The Balaban J connectivity index is 2.22. The largest absolute Gasteiger partial charge is 0.315 e. The molecular formula is C11H13N3OS. The molecule has 0 fully saturated rings. The van der Waals surface area contributed by atoms with E-state index in [1.807, 2.05) is 0 Å². The van der Waals surface area contributed by atoms with Crippen LogP contribution in [0.25, 0.3) is 0 Å². The summed E-state index contributed by atoms with van der Waals surface area (Å²) in [6, 6.07) is 2.20. The van der Waals surface area contributed by atoms with Gasteiger partial charge in [0.2, 0.25) is 5.91 Å². The summed E-state index contributed by atoms with van der Waals surface area (Å²) >= 11 is 1.55. The minimum atomic E-state index is -0.0982. The van der Waals surface area contributed by atoms with Gasteiger partial charge in [0, 0.05) is 4.88 Å². The van der Waals surface area contributed by atoms with Gasteiger partial charge in [0.25, 0.3) is 0 Å². The van der Waals surface area contributed by atoms with Crippen molar-refractivity contribution in [2.45, 2.75) is 19.3 Å². The maximum atomic E-state index is 11.4. The summed E-state index contributed by atoms with van der Waals surface area (Å²) in [6.45, 7) is 0.271. The lowest BCUT2D eigenvalue weighted by Gasteiger charge is -2.02. The van der Waals surface area contributed by atoms with E-state index >= 15 is 0 Å². The summed E-state index contributed by atoms with van der Waals surface area (Å²) in [5, 5.41) is 15.4. The Labute approximate surface area is 98.3 Å². The Morgan fingerprint density at radius 2 is 2.38 bits per heavy atom. The van der Waals surface area contributed by atoms with E-state index < -0.39 is 0 Å². The molecule has 0 saturated carbocycles. The molecule has 0 atom stereocenters. The number of rotatable bonds is 3. The van der Waals surface area contributed by atoms with Crippen LogP contribution in [-0.4, -0.2) is 19.5 Å². The van der Waals surface area contributed by atoms with Crippen LogP contribution in [0.15, 0.2) is 0 Å². The number of carbonyl (C=O) groups is 1. The second kappa shape index (κ2) is 4.64. The van der Waals surface area contributed by atoms with E-state index in [0.717, 1.165) is 24.8 Å². The number of hydrogen-bond donors (Lipinski definition) is 2. The van der Waals surface area contributed by atoms with Crippen molar-refractivity contribution in [2.24, 2.45) is 0 Å². The van der Waals surface area contributed by atoms with Gasteiger partial charge in [0.1, 0.15) is 11.1 Å². The molecule has 0 bridgehead atoms. The molecule has 1 heterocycles. The number of fused-ring (bicyclic) bond motifs is 1. The van der Waals surface area contributed by atoms with E-state index in [4.69, 9.17) is 5.26 Å². The van der Waals surface area contributed by atoms with Gasteiger partial charge >= 0.3 is 0 Å². The first-order valence-electron chi connectivity index (χ1n) is 5.25. The van der Waals surface area contributed by atoms with Crippen molar-refractivity contribution < 1.29 is 4.79 Å². The number of carbonyl (C=O) groups excluding carboxylic acids is 1. The molecule has 0 radical (unpaired) electrons. The topological polar surface area (TPSA) is 64.9 Å². The van der Waals surface area contributed by atoms with Gasteiger partial charge in [-0.15, -0.1) is 11.3 Å². The first-order chi connectivity index (χ1) is 7.76. The Bertz CT molecular complexity index is 459. The highest BCUT2D eigenvalue weighted by molar-refractivity contribution is 7.16. The molecule has 1 aliphatic carbocycles. The first kappa shape index (κ1) is 11.1. The van der Waals surface area contributed by atoms with Gasteiger partial charge in [0.15, 0.2) is 0 Å². The van der Waals surface area contributed by atoms with Crippen molar-refractivity contribution in [3.63, 3.8) is 0 Å². The molecule has 16 heavy (non-hydrogen) atoms. The van der Waals surface area contributed by atoms with Crippen LogP contribution in [0.2, 0.25) is 0 Å². The van der Waals surface area contributed by atoms with Crippen molar-refractivity contribution in [1.29, 1.82) is 5.26 Å². The first-order valence-corrected chi connectivity index (χ1v) is 6.07. The SMILES string of the molecule is CNCC(=O)Nc1sc2c(c1C#N)CCC2. The number of aryl methyl sites for hydroxylation is 1. The number of anilines is 1. The molecule has 1 aliphatic rings. The van der Waals surface area contributed by atoms with E-state index in [2.05, 4.69) is 16.7 Å². The average Bonchev–Trinajstić information content (AvgIpc) is 2.77. The zero-order valence-electron chi connectivity index (χ0n) is 9.09. The molecule has 84 valence electrons. The van der Waals surface area contributed by atoms with Crippen LogP contribution < -0.4 is 10.6 Å². The molecule has 0 saturated heterocycles. The molecule has 2 N–H and O–H groups in total. The predicted octanol–water partition coefficient (Wildman–Crippen LogP) is 1.27. The second-order valence-corrected chi connectivity index (χ2v) is 4.86. The van der Waals surface area contributed by atoms with Crippen molar-refractivity contribution in [3.05, 3.63) is 16.0 Å². The highest BCUT2D eigenvalue weighted by atomic mass is 32.1. The Kier molecular flexibility index (Phi) is 3.22. The molecule has 0 aliphatic heterocycles. The second-order valence-electron chi connectivity index (χ2n) is 3.75. The van der Waals surface area contributed by atoms with Gasteiger partial charge in [0.05, 0.1) is 12.1 Å². The minimum Gasteiger partial charge on any atom is -0.315 e. The third kappa shape index (κ3) is 1.94. The van der Waals surface area contributed by atoms with E-state index in [0.29, 0.717) is 10.6 Å². The number of likely N-dealkylation sites (N-methyl/N-ethyl adjacent to an activating group) is 1.